The second-order valence-corrected chi connectivity index (χ2v) is 6.49. The van der Waals surface area contributed by atoms with Crippen molar-refractivity contribution in [2.45, 2.75) is 72.4 Å². The van der Waals surface area contributed by atoms with Gasteiger partial charge in [-0.3, -0.25) is 0 Å². The van der Waals surface area contributed by atoms with Gasteiger partial charge in [0, 0.05) is 12.2 Å². The Morgan fingerprint density at radius 2 is 1.20 bits per heavy atom. The molecule has 0 heterocycles. The van der Waals surface area contributed by atoms with Gasteiger partial charge in [0.05, 0.1) is 44.2 Å². The lowest BCUT2D eigenvalue weighted by Crippen LogP contribution is -2.28. The number of carbonyl (C=O) groups is 1. The third kappa shape index (κ3) is 14.0. The minimum absolute atomic E-state index is 0.0101. The van der Waals surface area contributed by atoms with E-state index in [1.54, 1.807) is 6.92 Å². The third-order valence-electron chi connectivity index (χ3n) is 3.25. The molecule has 0 N–H and O–H groups in total. The zero-order valence-electron chi connectivity index (χ0n) is 16.7. The first-order chi connectivity index (χ1) is 11.8. The van der Waals surface area contributed by atoms with Gasteiger partial charge in [-0.15, -0.1) is 0 Å². The predicted octanol–water partition coefficient (Wildman–Crippen LogP) is 3.14. The van der Waals surface area contributed by atoms with Crippen LogP contribution >= 0.6 is 0 Å². The molecule has 0 aromatic heterocycles. The lowest BCUT2D eigenvalue weighted by atomic mass is 10.3. The Morgan fingerprint density at radius 3 is 1.60 bits per heavy atom. The molecule has 25 heavy (non-hydrogen) atoms. The number of esters is 1. The number of rotatable bonds is 15. The molecule has 0 amide bonds. The van der Waals surface area contributed by atoms with Crippen molar-refractivity contribution in [1.82, 2.24) is 0 Å². The van der Waals surface area contributed by atoms with Crippen molar-refractivity contribution >= 4 is 5.97 Å². The zero-order chi connectivity index (χ0) is 19.2. The molecule has 148 valence electrons. The van der Waals surface area contributed by atoms with Gasteiger partial charge in [-0.1, -0.05) is 13.5 Å². The summed E-state index contributed by atoms with van der Waals surface area (Å²) in [4.78, 5) is 11.3. The van der Waals surface area contributed by atoms with Gasteiger partial charge in [0.2, 0.25) is 0 Å². The topological polar surface area (TPSA) is 63.2 Å². The first-order valence-electron chi connectivity index (χ1n) is 9.05. The maximum absolute atomic E-state index is 11.3. The van der Waals surface area contributed by atoms with E-state index in [0.29, 0.717) is 25.4 Å². The van der Waals surface area contributed by atoms with E-state index in [0.717, 1.165) is 13.0 Å². The molecule has 0 aliphatic heterocycles. The summed E-state index contributed by atoms with van der Waals surface area (Å²) in [5, 5.41) is 0. The van der Waals surface area contributed by atoms with E-state index in [-0.39, 0.29) is 31.0 Å². The molecule has 6 nitrogen and oxygen atoms in total. The average Bonchev–Trinajstić information content (AvgIpc) is 2.58. The summed E-state index contributed by atoms with van der Waals surface area (Å²) in [6.45, 7) is 17.4. The number of hydrogen-bond donors (Lipinski definition) is 0. The van der Waals surface area contributed by atoms with Crippen LogP contribution in [0.5, 0.6) is 0 Å². The average molecular weight is 360 g/mol. The molecule has 0 saturated carbocycles. The van der Waals surface area contributed by atoms with E-state index < -0.39 is 5.97 Å². The van der Waals surface area contributed by atoms with Crippen LogP contribution in [0.2, 0.25) is 0 Å². The fourth-order valence-corrected chi connectivity index (χ4v) is 1.73. The van der Waals surface area contributed by atoms with Crippen LogP contribution < -0.4 is 0 Å². The molecule has 0 aromatic rings. The molecule has 0 fully saturated rings. The second-order valence-electron chi connectivity index (χ2n) is 6.49. The van der Waals surface area contributed by atoms with Gasteiger partial charge in [0.15, 0.2) is 0 Å². The summed E-state index contributed by atoms with van der Waals surface area (Å²) in [7, 11) is 0. The molecular weight excluding hydrogens is 324 g/mol. The standard InChI is InChI=1S/C19H36O6/c1-8-9-21-15(4)10-22-16(5)11-23-17(6)12-24-18(7)13-25-19(20)14(2)3/h15-18H,2,8-13H2,1,3-7H3. The van der Waals surface area contributed by atoms with Gasteiger partial charge in [-0.2, -0.15) is 0 Å². The highest BCUT2D eigenvalue weighted by Gasteiger charge is 2.12. The Balaban J connectivity index is 3.75. The third-order valence-corrected chi connectivity index (χ3v) is 3.25. The summed E-state index contributed by atoms with van der Waals surface area (Å²) >= 11 is 0. The van der Waals surface area contributed by atoms with Crippen LogP contribution in [0.15, 0.2) is 12.2 Å². The van der Waals surface area contributed by atoms with Crippen LogP contribution in [0.1, 0.15) is 48.0 Å². The van der Waals surface area contributed by atoms with E-state index in [9.17, 15) is 4.79 Å². The lowest BCUT2D eigenvalue weighted by molar-refractivity contribution is -0.144. The van der Waals surface area contributed by atoms with Gasteiger partial charge >= 0.3 is 5.97 Å². The van der Waals surface area contributed by atoms with Gasteiger partial charge in [0.1, 0.15) is 6.61 Å². The molecule has 0 radical (unpaired) electrons. The molecule has 4 unspecified atom stereocenters. The van der Waals surface area contributed by atoms with E-state index in [1.165, 1.54) is 0 Å². The van der Waals surface area contributed by atoms with E-state index >= 15 is 0 Å². The molecule has 0 aromatic carbocycles. The van der Waals surface area contributed by atoms with Crippen LogP contribution in [0.4, 0.5) is 0 Å². The van der Waals surface area contributed by atoms with Crippen molar-refractivity contribution in [3.63, 3.8) is 0 Å². The van der Waals surface area contributed by atoms with Crippen LogP contribution in [0, 0.1) is 0 Å². The molecule has 0 spiro atoms. The van der Waals surface area contributed by atoms with Gasteiger partial charge in [-0.05, 0) is 41.0 Å². The van der Waals surface area contributed by atoms with Crippen LogP contribution in [0.3, 0.4) is 0 Å². The van der Waals surface area contributed by atoms with E-state index in [1.807, 2.05) is 27.7 Å². The SMILES string of the molecule is C=C(C)C(=O)OCC(C)OCC(C)OCC(C)OCC(C)OCCC. The van der Waals surface area contributed by atoms with Crippen molar-refractivity contribution in [3.05, 3.63) is 12.2 Å². The van der Waals surface area contributed by atoms with Crippen LogP contribution in [-0.4, -0.2) is 63.4 Å². The Morgan fingerprint density at radius 1 is 0.800 bits per heavy atom. The van der Waals surface area contributed by atoms with Crippen molar-refractivity contribution in [3.8, 4) is 0 Å². The molecular formula is C19H36O6. The number of ether oxygens (including phenoxy) is 5. The quantitative estimate of drug-likeness (QED) is 0.330. The Bertz CT molecular complexity index is 371. The molecule has 4 atom stereocenters. The smallest absolute Gasteiger partial charge is 0.333 e. The first-order valence-corrected chi connectivity index (χ1v) is 9.05. The number of carbonyl (C=O) groups excluding carboxylic acids is 1. The predicted molar refractivity (Wildman–Crippen MR) is 97.7 cm³/mol. The minimum Gasteiger partial charge on any atom is -0.460 e. The summed E-state index contributed by atoms with van der Waals surface area (Å²) in [6, 6.07) is 0. The van der Waals surface area contributed by atoms with Gasteiger partial charge in [-0.25, -0.2) is 4.79 Å². The number of hydrogen-bond acceptors (Lipinski definition) is 6. The Hall–Kier alpha value is -0.950. The second kappa shape index (κ2) is 14.2. The maximum atomic E-state index is 11.3. The van der Waals surface area contributed by atoms with Crippen LogP contribution in [-0.2, 0) is 28.5 Å². The summed E-state index contributed by atoms with van der Waals surface area (Å²) in [6.07, 6.45) is 0.819. The fraction of sp³-hybridized carbons (Fsp3) is 0.842. The lowest BCUT2D eigenvalue weighted by Gasteiger charge is -2.21. The van der Waals surface area contributed by atoms with Crippen molar-refractivity contribution in [2.24, 2.45) is 0 Å². The maximum Gasteiger partial charge on any atom is 0.333 e. The summed E-state index contributed by atoms with van der Waals surface area (Å²) in [5.41, 5.74) is 0.382. The highest BCUT2D eigenvalue weighted by Crippen LogP contribution is 2.03. The molecule has 0 saturated heterocycles. The fourth-order valence-electron chi connectivity index (χ4n) is 1.73. The highest BCUT2D eigenvalue weighted by atomic mass is 16.6. The van der Waals surface area contributed by atoms with Crippen molar-refractivity contribution < 1.29 is 28.5 Å². The summed E-state index contributed by atoms with van der Waals surface area (Å²) < 4.78 is 27.6. The molecule has 0 bridgehead atoms. The van der Waals surface area contributed by atoms with Gasteiger partial charge in [0.25, 0.3) is 0 Å². The van der Waals surface area contributed by atoms with Crippen molar-refractivity contribution in [1.29, 1.82) is 0 Å². The van der Waals surface area contributed by atoms with Gasteiger partial charge < -0.3 is 23.7 Å². The summed E-state index contributed by atoms with van der Waals surface area (Å²) in [5.74, 6) is -0.400. The van der Waals surface area contributed by atoms with E-state index in [4.69, 9.17) is 23.7 Å². The van der Waals surface area contributed by atoms with Crippen LogP contribution in [0.25, 0.3) is 0 Å². The molecule has 6 heteroatoms. The highest BCUT2D eigenvalue weighted by molar-refractivity contribution is 5.86. The Labute approximate surface area is 152 Å². The molecule has 0 aliphatic carbocycles. The molecule has 0 rings (SSSR count). The molecule has 0 aliphatic rings. The van der Waals surface area contributed by atoms with E-state index in [2.05, 4.69) is 13.5 Å². The largest absolute Gasteiger partial charge is 0.460 e. The van der Waals surface area contributed by atoms with Crippen molar-refractivity contribution in [2.75, 3.05) is 33.0 Å². The zero-order valence-corrected chi connectivity index (χ0v) is 16.7. The minimum atomic E-state index is -0.400. The first kappa shape index (κ1) is 24.1. The monoisotopic (exact) mass is 360 g/mol. The Kier molecular flexibility index (Phi) is 13.7. The normalized spacial score (nSPS) is 16.1.